The predicted molar refractivity (Wildman–Crippen MR) is 70.8 cm³/mol. The maximum Gasteiger partial charge on any atom is 0.0746 e. The normalized spacial score (nSPS) is 17.2. The molecule has 17 heavy (non-hydrogen) atoms. The maximum absolute atomic E-state index is 4.47. The topological polar surface area (TPSA) is 24.9 Å². The summed E-state index contributed by atoms with van der Waals surface area (Å²) in [5.74, 6) is 0. The Morgan fingerprint density at radius 3 is 2.88 bits per heavy atom. The minimum atomic E-state index is 0.567. The van der Waals surface area contributed by atoms with Gasteiger partial charge in [-0.05, 0) is 29.9 Å². The third kappa shape index (κ3) is 2.32. The number of fused-ring (bicyclic) bond motifs is 1. The van der Waals surface area contributed by atoms with Crippen molar-refractivity contribution in [2.24, 2.45) is 5.41 Å². The first-order valence-electron chi connectivity index (χ1n) is 6.30. The predicted octanol–water partition coefficient (Wildman–Crippen LogP) is 3.12. The van der Waals surface area contributed by atoms with Gasteiger partial charge in [0.05, 0.1) is 5.52 Å². The molecule has 3 rings (SSSR count). The fraction of sp³-hybridized carbons (Fsp3) is 0.400. The number of hydrogen-bond donors (Lipinski definition) is 1. The second kappa shape index (κ2) is 4.11. The Morgan fingerprint density at radius 1 is 1.24 bits per heavy atom. The molecule has 0 radical (unpaired) electrons. The molecule has 1 fully saturated rings. The Kier molecular flexibility index (Phi) is 2.60. The highest BCUT2D eigenvalue weighted by atomic mass is 14.9. The average molecular weight is 226 g/mol. The van der Waals surface area contributed by atoms with Crippen LogP contribution in [-0.4, -0.2) is 11.5 Å². The zero-order valence-electron chi connectivity index (χ0n) is 10.2. The SMILES string of the molecule is CC1(CNCc2cccc3cccnc23)CC1. The molecule has 0 aliphatic heterocycles. The number of benzene rings is 1. The second-order valence-corrected chi connectivity index (χ2v) is 5.41. The largest absolute Gasteiger partial charge is 0.312 e. The van der Waals surface area contributed by atoms with E-state index in [1.165, 1.54) is 23.8 Å². The first kappa shape index (κ1) is 10.7. The van der Waals surface area contributed by atoms with Crippen LogP contribution in [0.25, 0.3) is 10.9 Å². The molecule has 1 aromatic heterocycles. The van der Waals surface area contributed by atoms with Crippen molar-refractivity contribution in [1.82, 2.24) is 10.3 Å². The molecule has 2 aromatic rings. The van der Waals surface area contributed by atoms with Gasteiger partial charge >= 0.3 is 0 Å². The summed E-state index contributed by atoms with van der Waals surface area (Å²) >= 11 is 0. The highest BCUT2D eigenvalue weighted by Crippen LogP contribution is 2.44. The third-order valence-corrected chi connectivity index (χ3v) is 3.69. The van der Waals surface area contributed by atoms with Crippen molar-refractivity contribution in [3.8, 4) is 0 Å². The fourth-order valence-electron chi connectivity index (χ4n) is 2.20. The van der Waals surface area contributed by atoms with Gasteiger partial charge in [-0.3, -0.25) is 4.98 Å². The van der Waals surface area contributed by atoms with Crippen LogP contribution in [0.1, 0.15) is 25.3 Å². The van der Waals surface area contributed by atoms with E-state index >= 15 is 0 Å². The van der Waals surface area contributed by atoms with Crippen LogP contribution in [0.5, 0.6) is 0 Å². The highest BCUT2D eigenvalue weighted by Gasteiger charge is 2.36. The van der Waals surface area contributed by atoms with Crippen LogP contribution in [-0.2, 0) is 6.54 Å². The van der Waals surface area contributed by atoms with Crippen molar-refractivity contribution < 1.29 is 0 Å². The number of para-hydroxylation sites is 1. The van der Waals surface area contributed by atoms with Crippen LogP contribution in [0.3, 0.4) is 0 Å². The molecular formula is C15H18N2. The van der Waals surface area contributed by atoms with Gasteiger partial charge in [0.1, 0.15) is 0 Å². The van der Waals surface area contributed by atoms with Crippen molar-refractivity contribution in [3.63, 3.8) is 0 Å². The van der Waals surface area contributed by atoms with Gasteiger partial charge in [0, 0.05) is 24.7 Å². The van der Waals surface area contributed by atoms with Gasteiger partial charge in [-0.2, -0.15) is 0 Å². The molecular weight excluding hydrogens is 208 g/mol. The van der Waals surface area contributed by atoms with E-state index in [1.807, 2.05) is 12.3 Å². The van der Waals surface area contributed by atoms with Crippen LogP contribution in [0, 0.1) is 5.41 Å². The molecule has 0 saturated heterocycles. The summed E-state index contributed by atoms with van der Waals surface area (Å²) in [6.45, 7) is 4.39. The first-order chi connectivity index (χ1) is 8.27. The molecule has 0 spiro atoms. The van der Waals surface area contributed by atoms with Gasteiger partial charge in [-0.1, -0.05) is 31.2 Å². The molecule has 1 aliphatic rings. The lowest BCUT2D eigenvalue weighted by atomic mass is 10.1. The zero-order chi connectivity index (χ0) is 11.7. The smallest absolute Gasteiger partial charge is 0.0746 e. The average Bonchev–Trinajstić information content (AvgIpc) is 3.08. The number of aromatic nitrogens is 1. The Hall–Kier alpha value is -1.41. The van der Waals surface area contributed by atoms with E-state index in [9.17, 15) is 0 Å². The number of nitrogens with zero attached hydrogens (tertiary/aromatic N) is 1. The highest BCUT2D eigenvalue weighted by molar-refractivity contribution is 5.81. The van der Waals surface area contributed by atoms with Crippen LogP contribution < -0.4 is 5.32 Å². The van der Waals surface area contributed by atoms with E-state index < -0.39 is 0 Å². The van der Waals surface area contributed by atoms with E-state index in [0.717, 1.165) is 18.6 Å². The standard InChI is InChI=1S/C15H18N2/c1-15(7-8-15)11-16-10-13-5-2-4-12-6-3-9-17-14(12)13/h2-6,9,16H,7-8,10-11H2,1H3. The summed E-state index contributed by atoms with van der Waals surface area (Å²) in [5.41, 5.74) is 2.99. The van der Waals surface area contributed by atoms with Gasteiger partial charge in [-0.25, -0.2) is 0 Å². The summed E-state index contributed by atoms with van der Waals surface area (Å²) in [7, 11) is 0. The molecule has 1 saturated carbocycles. The number of hydrogen-bond acceptors (Lipinski definition) is 2. The van der Waals surface area contributed by atoms with Crippen molar-refractivity contribution in [1.29, 1.82) is 0 Å². The Labute approximate surface area is 102 Å². The minimum absolute atomic E-state index is 0.567. The number of rotatable bonds is 4. The lowest BCUT2D eigenvalue weighted by molar-refractivity contribution is 0.500. The van der Waals surface area contributed by atoms with Crippen LogP contribution in [0.2, 0.25) is 0 Å². The van der Waals surface area contributed by atoms with E-state index in [-0.39, 0.29) is 0 Å². The summed E-state index contributed by atoms with van der Waals surface area (Å²) in [6.07, 6.45) is 4.61. The molecule has 0 bridgehead atoms. The molecule has 88 valence electrons. The Morgan fingerprint density at radius 2 is 2.06 bits per heavy atom. The third-order valence-electron chi connectivity index (χ3n) is 3.69. The Balaban J connectivity index is 1.75. The van der Waals surface area contributed by atoms with Crippen molar-refractivity contribution in [2.45, 2.75) is 26.3 Å². The quantitative estimate of drug-likeness (QED) is 0.866. The monoisotopic (exact) mass is 226 g/mol. The maximum atomic E-state index is 4.47. The summed E-state index contributed by atoms with van der Waals surface area (Å²) in [4.78, 5) is 4.47. The number of nitrogens with one attached hydrogen (secondary N) is 1. The molecule has 2 nitrogen and oxygen atoms in total. The first-order valence-corrected chi connectivity index (χ1v) is 6.30. The van der Waals surface area contributed by atoms with E-state index in [1.54, 1.807) is 0 Å². The van der Waals surface area contributed by atoms with E-state index in [0.29, 0.717) is 5.41 Å². The summed E-state index contributed by atoms with van der Waals surface area (Å²) < 4.78 is 0. The molecule has 1 heterocycles. The van der Waals surface area contributed by atoms with Crippen LogP contribution >= 0.6 is 0 Å². The molecule has 0 atom stereocenters. The van der Waals surface area contributed by atoms with Gasteiger partial charge in [0.2, 0.25) is 0 Å². The Bertz CT molecular complexity index is 524. The van der Waals surface area contributed by atoms with Gasteiger partial charge in [-0.15, -0.1) is 0 Å². The lowest BCUT2D eigenvalue weighted by Crippen LogP contribution is -2.21. The zero-order valence-corrected chi connectivity index (χ0v) is 10.2. The molecule has 1 aliphatic carbocycles. The van der Waals surface area contributed by atoms with Crippen molar-refractivity contribution >= 4 is 10.9 Å². The fourth-order valence-corrected chi connectivity index (χ4v) is 2.20. The minimum Gasteiger partial charge on any atom is -0.312 e. The molecule has 1 N–H and O–H groups in total. The van der Waals surface area contributed by atoms with Crippen molar-refractivity contribution in [2.75, 3.05) is 6.54 Å². The van der Waals surface area contributed by atoms with E-state index in [4.69, 9.17) is 0 Å². The summed E-state index contributed by atoms with van der Waals surface area (Å²) in [5, 5.41) is 4.78. The number of pyridine rings is 1. The van der Waals surface area contributed by atoms with Crippen LogP contribution in [0.15, 0.2) is 36.5 Å². The molecule has 0 amide bonds. The molecule has 1 aromatic carbocycles. The molecule has 2 heteroatoms. The van der Waals surface area contributed by atoms with E-state index in [2.05, 4.69) is 41.5 Å². The van der Waals surface area contributed by atoms with Gasteiger partial charge in [0.15, 0.2) is 0 Å². The van der Waals surface area contributed by atoms with Gasteiger partial charge in [0.25, 0.3) is 0 Å². The second-order valence-electron chi connectivity index (χ2n) is 5.41. The van der Waals surface area contributed by atoms with Crippen molar-refractivity contribution in [3.05, 3.63) is 42.1 Å². The van der Waals surface area contributed by atoms with Crippen LogP contribution in [0.4, 0.5) is 0 Å². The van der Waals surface area contributed by atoms with Gasteiger partial charge < -0.3 is 5.32 Å². The molecule has 0 unspecified atom stereocenters. The summed E-state index contributed by atoms with van der Waals surface area (Å²) in [6, 6.07) is 10.5. The lowest BCUT2D eigenvalue weighted by Gasteiger charge is -2.11.